The zero-order chi connectivity index (χ0) is 8.43. The summed E-state index contributed by atoms with van der Waals surface area (Å²) in [5.41, 5.74) is 5.71. The van der Waals surface area contributed by atoms with Crippen LogP contribution in [0.25, 0.3) is 0 Å². The van der Waals surface area contributed by atoms with Crippen molar-refractivity contribution in [1.29, 1.82) is 0 Å². The number of carbonyl (C=O) groups is 1. The van der Waals surface area contributed by atoms with Crippen LogP contribution in [0.1, 0.15) is 22.2 Å². The number of thiophene rings is 1. The molecule has 60 valence electrons. The zero-order valence-electron chi connectivity index (χ0n) is 6.06. The minimum Gasteiger partial charge on any atom is -0.366 e. The third-order valence-corrected chi connectivity index (χ3v) is 3.33. The minimum atomic E-state index is -0.368. The molecule has 0 unspecified atom stereocenters. The summed E-state index contributed by atoms with van der Waals surface area (Å²) < 4.78 is 0.835. The number of hydrogen-bond acceptors (Lipinski definition) is 2. The molecule has 2 N–H and O–H groups in total. The fourth-order valence-corrected chi connectivity index (χ4v) is 2.51. The number of primary amides is 1. The molecule has 0 aliphatic heterocycles. The van der Waals surface area contributed by atoms with Gasteiger partial charge in [-0.15, -0.1) is 11.3 Å². The summed E-state index contributed by atoms with van der Waals surface area (Å²) in [6, 6.07) is 1.83. The summed E-state index contributed by atoms with van der Waals surface area (Å²) in [6.07, 6.45) is 0.941. The molecule has 2 nitrogen and oxygen atoms in total. The Hall–Kier alpha value is -0.350. The molecule has 11 heavy (non-hydrogen) atoms. The van der Waals surface area contributed by atoms with E-state index in [9.17, 15) is 4.79 Å². The van der Waals surface area contributed by atoms with Gasteiger partial charge in [-0.3, -0.25) is 4.79 Å². The summed E-state index contributed by atoms with van der Waals surface area (Å²) in [4.78, 5) is 11.9. The van der Waals surface area contributed by atoms with Crippen molar-refractivity contribution in [3.63, 3.8) is 0 Å². The van der Waals surface area contributed by atoms with Crippen molar-refractivity contribution in [2.24, 2.45) is 5.73 Å². The van der Waals surface area contributed by atoms with Crippen LogP contribution in [0.5, 0.6) is 0 Å². The molecule has 0 bridgehead atoms. The Morgan fingerprint density at radius 3 is 2.73 bits per heavy atom. The van der Waals surface area contributed by atoms with E-state index in [0.717, 1.165) is 10.2 Å². The van der Waals surface area contributed by atoms with Crippen LogP contribution in [0.15, 0.2) is 9.85 Å². The van der Waals surface area contributed by atoms with Crippen LogP contribution >= 0.6 is 27.3 Å². The molecule has 0 spiro atoms. The predicted octanol–water partition coefficient (Wildman–Crippen LogP) is 2.17. The Bertz CT molecular complexity index is 282. The van der Waals surface area contributed by atoms with Gasteiger partial charge in [-0.05, 0) is 28.4 Å². The van der Waals surface area contributed by atoms with Crippen LogP contribution in [0.2, 0.25) is 0 Å². The SMILES string of the molecule is CCc1cc(C(N)=O)c(Br)s1. The highest BCUT2D eigenvalue weighted by Gasteiger charge is 2.09. The van der Waals surface area contributed by atoms with Crippen LogP contribution < -0.4 is 5.73 Å². The summed E-state index contributed by atoms with van der Waals surface area (Å²) in [6.45, 7) is 2.04. The van der Waals surface area contributed by atoms with Crippen LogP contribution in [0, 0.1) is 0 Å². The standard InChI is InChI=1S/C7H8BrNOS/c1-2-4-3-5(7(9)10)6(8)11-4/h3H,2H2,1H3,(H2,9,10). The first-order chi connectivity index (χ1) is 5.15. The minimum absolute atomic E-state index is 0.368. The third kappa shape index (κ3) is 1.81. The molecule has 4 heteroatoms. The first kappa shape index (κ1) is 8.74. The number of aryl methyl sites for hydroxylation is 1. The lowest BCUT2D eigenvalue weighted by Gasteiger charge is -1.86. The maximum Gasteiger partial charge on any atom is 0.250 e. The van der Waals surface area contributed by atoms with Gasteiger partial charge in [0.25, 0.3) is 5.91 Å². The van der Waals surface area contributed by atoms with Crippen molar-refractivity contribution in [2.75, 3.05) is 0 Å². The normalized spacial score (nSPS) is 10.0. The highest BCUT2D eigenvalue weighted by molar-refractivity contribution is 9.11. The molecule has 0 aromatic carbocycles. The quantitative estimate of drug-likeness (QED) is 0.837. The summed E-state index contributed by atoms with van der Waals surface area (Å²) in [7, 11) is 0. The zero-order valence-corrected chi connectivity index (χ0v) is 8.46. The molecule has 1 aromatic rings. The van der Waals surface area contributed by atoms with Crippen molar-refractivity contribution in [3.05, 3.63) is 20.3 Å². The van der Waals surface area contributed by atoms with E-state index in [0.29, 0.717) is 5.56 Å². The number of carbonyl (C=O) groups excluding carboxylic acids is 1. The van der Waals surface area contributed by atoms with Gasteiger partial charge in [0, 0.05) is 4.88 Å². The van der Waals surface area contributed by atoms with Crippen molar-refractivity contribution in [3.8, 4) is 0 Å². The number of halogens is 1. The van der Waals surface area contributed by atoms with Gasteiger partial charge >= 0.3 is 0 Å². The number of rotatable bonds is 2. The second-order valence-corrected chi connectivity index (χ2v) is 4.57. The maximum absolute atomic E-state index is 10.7. The molecule has 0 radical (unpaired) electrons. The topological polar surface area (TPSA) is 43.1 Å². The van der Waals surface area contributed by atoms with Crippen LogP contribution in [0.4, 0.5) is 0 Å². The molecule has 0 aliphatic carbocycles. The monoisotopic (exact) mass is 233 g/mol. The Morgan fingerprint density at radius 1 is 1.82 bits per heavy atom. The van der Waals surface area contributed by atoms with Gasteiger partial charge < -0.3 is 5.73 Å². The van der Waals surface area contributed by atoms with E-state index in [1.165, 1.54) is 4.88 Å². The van der Waals surface area contributed by atoms with Gasteiger partial charge in [0.1, 0.15) is 0 Å². The molecule has 0 fully saturated rings. The van der Waals surface area contributed by atoms with Crippen molar-refractivity contribution in [1.82, 2.24) is 0 Å². The van der Waals surface area contributed by atoms with Crippen LogP contribution in [0.3, 0.4) is 0 Å². The smallest absolute Gasteiger partial charge is 0.250 e. The van der Waals surface area contributed by atoms with Gasteiger partial charge in [-0.25, -0.2) is 0 Å². The van der Waals surface area contributed by atoms with E-state index in [1.54, 1.807) is 11.3 Å². The lowest BCUT2D eigenvalue weighted by Crippen LogP contribution is -2.09. The Kier molecular flexibility index (Phi) is 2.67. The molecular formula is C7H8BrNOS. The fraction of sp³-hybridized carbons (Fsp3) is 0.286. The second-order valence-electron chi connectivity index (χ2n) is 2.12. The first-order valence-electron chi connectivity index (χ1n) is 3.23. The van der Waals surface area contributed by atoms with Gasteiger partial charge in [-0.2, -0.15) is 0 Å². The predicted molar refractivity (Wildman–Crippen MR) is 49.9 cm³/mol. The highest BCUT2D eigenvalue weighted by Crippen LogP contribution is 2.27. The fourth-order valence-electron chi connectivity index (χ4n) is 0.759. The van der Waals surface area contributed by atoms with E-state index >= 15 is 0 Å². The lowest BCUT2D eigenvalue weighted by atomic mass is 10.3. The first-order valence-corrected chi connectivity index (χ1v) is 4.84. The van der Waals surface area contributed by atoms with E-state index < -0.39 is 0 Å². The summed E-state index contributed by atoms with van der Waals surface area (Å²) >= 11 is 4.83. The Morgan fingerprint density at radius 2 is 2.45 bits per heavy atom. The van der Waals surface area contributed by atoms with Crippen molar-refractivity contribution in [2.45, 2.75) is 13.3 Å². The van der Waals surface area contributed by atoms with E-state index in [1.807, 2.05) is 13.0 Å². The molecular weight excluding hydrogens is 226 g/mol. The van der Waals surface area contributed by atoms with E-state index in [2.05, 4.69) is 15.9 Å². The maximum atomic E-state index is 10.7. The average molecular weight is 234 g/mol. The molecule has 1 amide bonds. The summed E-state index contributed by atoms with van der Waals surface area (Å²) in [5.74, 6) is -0.368. The van der Waals surface area contributed by atoms with Gasteiger partial charge in [-0.1, -0.05) is 6.92 Å². The molecule has 1 rings (SSSR count). The van der Waals surface area contributed by atoms with Crippen LogP contribution in [-0.2, 0) is 6.42 Å². The Balaban J connectivity index is 3.07. The summed E-state index contributed by atoms with van der Waals surface area (Å²) in [5, 5.41) is 0. The number of hydrogen-bond donors (Lipinski definition) is 1. The van der Waals surface area contributed by atoms with Crippen LogP contribution in [-0.4, -0.2) is 5.91 Å². The molecule has 0 saturated carbocycles. The molecule has 0 saturated heterocycles. The Labute approximate surface area is 77.5 Å². The molecule has 0 aliphatic rings. The second kappa shape index (κ2) is 3.36. The molecule has 1 heterocycles. The molecule has 0 atom stereocenters. The largest absolute Gasteiger partial charge is 0.366 e. The number of nitrogens with two attached hydrogens (primary N) is 1. The van der Waals surface area contributed by atoms with E-state index in [4.69, 9.17) is 5.73 Å². The van der Waals surface area contributed by atoms with Gasteiger partial charge in [0.05, 0.1) is 9.35 Å². The van der Waals surface area contributed by atoms with E-state index in [-0.39, 0.29) is 5.91 Å². The van der Waals surface area contributed by atoms with Gasteiger partial charge in [0.15, 0.2) is 0 Å². The lowest BCUT2D eigenvalue weighted by molar-refractivity contribution is 0.1000. The number of amides is 1. The third-order valence-electron chi connectivity index (χ3n) is 1.35. The van der Waals surface area contributed by atoms with Crippen molar-refractivity contribution >= 4 is 33.2 Å². The average Bonchev–Trinajstić information content (AvgIpc) is 2.30. The molecule has 1 aromatic heterocycles. The highest BCUT2D eigenvalue weighted by atomic mass is 79.9. The van der Waals surface area contributed by atoms with Crippen molar-refractivity contribution < 1.29 is 4.79 Å². The van der Waals surface area contributed by atoms with Gasteiger partial charge in [0.2, 0.25) is 0 Å².